The molecule has 8 heteroatoms. The maximum atomic E-state index is 13.2. The Bertz CT molecular complexity index is 1190. The number of ether oxygens (including phenoxy) is 2. The number of Topliss-reactive ketones (excluding diaryl/α,β-unsaturated/α-hetero) is 1. The van der Waals surface area contributed by atoms with Gasteiger partial charge in [-0.05, 0) is 43.3 Å². The third-order valence-electron chi connectivity index (χ3n) is 4.94. The van der Waals surface area contributed by atoms with Gasteiger partial charge in [-0.25, -0.2) is 0 Å². The van der Waals surface area contributed by atoms with Crippen LogP contribution in [0.25, 0.3) is 22.3 Å². The highest BCUT2D eigenvalue weighted by Gasteiger charge is 2.25. The number of fused-ring (bicyclic) bond motifs is 1. The van der Waals surface area contributed by atoms with Crippen molar-refractivity contribution < 1.29 is 14.3 Å². The van der Waals surface area contributed by atoms with Crippen LogP contribution < -0.4 is 9.47 Å². The van der Waals surface area contributed by atoms with E-state index >= 15 is 0 Å². The summed E-state index contributed by atoms with van der Waals surface area (Å²) in [4.78, 5) is 17.8. The van der Waals surface area contributed by atoms with Gasteiger partial charge in [0.1, 0.15) is 6.04 Å². The number of rotatable bonds is 6. The molecule has 148 valence electrons. The summed E-state index contributed by atoms with van der Waals surface area (Å²) in [7, 11) is 3.14. The minimum Gasteiger partial charge on any atom is -0.493 e. The molecule has 1 atom stereocenters. The van der Waals surface area contributed by atoms with Gasteiger partial charge in [0.25, 0.3) is 0 Å². The Hall–Kier alpha value is -3.68. The first-order valence-corrected chi connectivity index (χ1v) is 9.17. The Morgan fingerprint density at radius 1 is 1.10 bits per heavy atom. The zero-order valence-electron chi connectivity index (χ0n) is 16.6. The van der Waals surface area contributed by atoms with Gasteiger partial charge in [0.15, 0.2) is 17.3 Å². The number of carbonyl (C=O) groups excluding carboxylic acids is 1. The molecule has 0 radical (unpaired) electrons. The second kappa shape index (κ2) is 7.38. The fourth-order valence-electron chi connectivity index (χ4n) is 3.39. The van der Waals surface area contributed by atoms with E-state index in [1.165, 1.54) is 4.80 Å². The quantitative estimate of drug-likeness (QED) is 0.505. The maximum absolute atomic E-state index is 13.2. The average molecular weight is 391 g/mol. The molecule has 0 saturated carbocycles. The van der Waals surface area contributed by atoms with Crippen LogP contribution in [-0.4, -0.2) is 45.2 Å². The van der Waals surface area contributed by atoms with Crippen molar-refractivity contribution in [1.29, 1.82) is 0 Å². The molecule has 1 N–H and O–H groups in total. The van der Waals surface area contributed by atoms with Gasteiger partial charge in [-0.3, -0.25) is 4.79 Å². The first-order chi connectivity index (χ1) is 14.0. The Morgan fingerprint density at radius 3 is 2.62 bits per heavy atom. The molecule has 0 amide bonds. The number of nitrogens with one attached hydrogen (secondary N) is 1. The van der Waals surface area contributed by atoms with E-state index in [1.807, 2.05) is 37.3 Å². The van der Waals surface area contributed by atoms with E-state index < -0.39 is 6.04 Å². The van der Waals surface area contributed by atoms with Crippen molar-refractivity contribution in [2.24, 2.45) is 0 Å². The van der Waals surface area contributed by atoms with Crippen LogP contribution in [0.1, 0.15) is 29.0 Å². The third-order valence-corrected chi connectivity index (χ3v) is 4.94. The summed E-state index contributed by atoms with van der Waals surface area (Å²) < 4.78 is 10.6. The smallest absolute Gasteiger partial charge is 0.205 e. The number of carbonyl (C=O) groups is 1. The Morgan fingerprint density at radius 2 is 1.86 bits per heavy atom. The van der Waals surface area contributed by atoms with Crippen LogP contribution in [0, 0.1) is 6.92 Å². The van der Waals surface area contributed by atoms with Crippen molar-refractivity contribution in [3.63, 3.8) is 0 Å². The number of aromatic nitrogens is 5. The highest BCUT2D eigenvalue weighted by atomic mass is 16.5. The molecule has 0 fully saturated rings. The van der Waals surface area contributed by atoms with E-state index in [2.05, 4.69) is 20.4 Å². The van der Waals surface area contributed by atoms with E-state index in [-0.39, 0.29) is 5.78 Å². The lowest BCUT2D eigenvalue weighted by molar-refractivity contribution is 0.0919. The van der Waals surface area contributed by atoms with Crippen LogP contribution in [-0.2, 0) is 0 Å². The number of nitrogens with zero attached hydrogens (tertiary/aromatic N) is 4. The monoisotopic (exact) mass is 391 g/mol. The Balaban J connectivity index is 1.65. The van der Waals surface area contributed by atoms with Crippen LogP contribution in [0.3, 0.4) is 0 Å². The molecule has 0 bridgehead atoms. The lowest BCUT2D eigenvalue weighted by atomic mass is 10.0. The molecule has 0 aliphatic rings. The molecule has 8 nitrogen and oxygen atoms in total. The van der Waals surface area contributed by atoms with Gasteiger partial charge < -0.3 is 14.5 Å². The molecule has 2 aromatic carbocycles. The van der Waals surface area contributed by atoms with Gasteiger partial charge >= 0.3 is 0 Å². The van der Waals surface area contributed by atoms with Gasteiger partial charge in [-0.1, -0.05) is 18.2 Å². The van der Waals surface area contributed by atoms with E-state index in [4.69, 9.17) is 9.47 Å². The molecule has 2 heterocycles. The number of benzene rings is 2. The minimum absolute atomic E-state index is 0.0730. The minimum atomic E-state index is -0.602. The van der Waals surface area contributed by atoms with E-state index in [0.29, 0.717) is 22.9 Å². The van der Waals surface area contributed by atoms with Crippen LogP contribution in [0.4, 0.5) is 0 Å². The summed E-state index contributed by atoms with van der Waals surface area (Å²) in [5.74, 6) is 1.51. The van der Waals surface area contributed by atoms with Crippen LogP contribution in [0.15, 0.2) is 42.5 Å². The molecular weight excluding hydrogens is 370 g/mol. The zero-order valence-corrected chi connectivity index (χ0v) is 16.6. The number of aryl methyl sites for hydroxylation is 1. The molecule has 4 aromatic rings. The van der Waals surface area contributed by atoms with Crippen molar-refractivity contribution in [2.75, 3.05) is 14.2 Å². The Kier molecular flexibility index (Phi) is 4.75. The second-order valence-corrected chi connectivity index (χ2v) is 6.71. The molecule has 0 aliphatic heterocycles. The van der Waals surface area contributed by atoms with E-state index in [9.17, 15) is 4.79 Å². The van der Waals surface area contributed by atoms with Crippen LogP contribution in [0.5, 0.6) is 11.5 Å². The highest BCUT2D eigenvalue weighted by molar-refractivity contribution is 6.10. The van der Waals surface area contributed by atoms with E-state index in [1.54, 1.807) is 33.3 Å². The average Bonchev–Trinajstić information content (AvgIpc) is 3.36. The van der Waals surface area contributed by atoms with Gasteiger partial charge in [0, 0.05) is 27.7 Å². The highest BCUT2D eigenvalue weighted by Crippen LogP contribution is 2.31. The predicted molar refractivity (Wildman–Crippen MR) is 108 cm³/mol. The summed E-state index contributed by atoms with van der Waals surface area (Å²) in [6, 6.07) is 12.5. The van der Waals surface area contributed by atoms with Crippen LogP contribution >= 0.6 is 0 Å². The molecule has 0 aliphatic carbocycles. The number of aromatic amines is 1. The SMILES string of the molecule is COc1ccc(-c2nnn(C(C)C(=O)c3c(C)[nH]c4ccccc34)n2)cc1OC. The van der Waals surface area contributed by atoms with Crippen molar-refractivity contribution in [3.8, 4) is 22.9 Å². The Labute approximate surface area is 167 Å². The third kappa shape index (κ3) is 3.22. The number of ketones is 1. The summed E-state index contributed by atoms with van der Waals surface area (Å²) in [6.07, 6.45) is 0. The molecule has 0 saturated heterocycles. The van der Waals surface area contributed by atoms with Crippen molar-refractivity contribution in [2.45, 2.75) is 19.9 Å². The van der Waals surface area contributed by atoms with Gasteiger partial charge in [-0.2, -0.15) is 4.80 Å². The lowest BCUT2D eigenvalue weighted by Crippen LogP contribution is -2.19. The lowest BCUT2D eigenvalue weighted by Gasteiger charge is -2.09. The van der Waals surface area contributed by atoms with Crippen molar-refractivity contribution >= 4 is 16.7 Å². The fourth-order valence-corrected chi connectivity index (χ4v) is 3.39. The molecule has 2 aromatic heterocycles. The fraction of sp³-hybridized carbons (Fsp3) is 0.238. The zero-order chi connectivity index (χ0) is 20.5. The first-order valence-electron chi connectivity index (χ1n) is 9.17. The number of para-hydroxylation sites is 1. The molecule has 4 rings (SSSR count). The summed E-state index contributed by atoms with van der Waals surface area (Å²) in [5, 5.41) is 13.5. The normalized spacial score (nSPS) is 12.1. The standard InChI is InChI=1S/C21H21N5O3/c1-12-19(15-7-5-6-8-16(15)22-12)20(27)13(2)26-24-21(23-25-26)14-9-10-17(28-3)18(11-14)29-4/h5-11,13,22H,1-4H3. The van der Waals surface area contributed by atoms with Crippen molar-refractivity contribution in [3.05, 3.63) is 53.7 Å². The van der Waals surface area contributed by atoms with Crippen LogP contribution in [0.2, 0.25) is 0 Å². The summed E-state index contributed by atoms with van der Waals surface area (Å²) in [5.41, 5.74) is 3.12. The second-order valence-electron chi connectivity index (χ2n) is 6.71. The molecule has 0 spiro atoms. The van der Waals surface area contributed by atoms with E-state index in [0.717, 1.165) is 22.2 Å². The number of tetrazole rings is 1. The summed E-state index contributed by atoms with van der Waals surface area (Å²) in [6.45, 7) is 3.66. The number of hydrogen-bond donors (Lipinski definition) is 1. The predicted octanol–water partition coefficient (Wildman–Crippen LogP) is 3.59. The molecule has 29 heavy (non-hydrogen) atoms. The number of H-pyrrole nitrogens is 1. The largest absolute Gasteiger partial charge is 0.493 e. The van der Waals surface area contributed by atoms with Crippen molar-refractivity contribution in [1.82, 2.24) is 25.2 Å². The molecule has 1 unspecified atom stereocenters. The first kappa shape index (κ1) is 18.7. The molecular formula is C21H21N5O3. The maximum Gasteiger partial charge on any atom is 0.205 e. The topological polar surface area (TPSA) is 94.9 Å². The van der Waals surface area contributed by atoms with Gasteiger partial charge in [-0.15, -0.1) is 10.2 Å². The van der Waals surface area contributed by atoms with Gasteiger partial charge in [0.05, 0.1) is 14.2 Å². The summed E-state index contributed by atoms with van der Waals surface area (Å²) >= 11 is 0. The number of methoxy groups -OCH3 is 2. The van der Waals surface area contributed by atoms with Gasteiger partial charge in [0.2, 0.25) is 5.82 Å². The number of hydrogen-bond acceptors (Lipinski definition) is 6.